The Balaban J connectivity index is 0.00000135. The fraction of sp³-hybridized carbons (Fsp3) is 0.444. The van der Waals surface area contributed by atoms with Crippen LogP contribution in [-0.4, -0.2) is 65.9 Å². The van der Waals surface area contributed by atoms with Crippen LogP contribution in [-0.2, 0) is 25.5 Å². The maximum atomic E-state index is 12.3. The first-order valence-electron chi connectivity index (χ1n) is 9.46. The number of guanidine groups is 1. The number of alkyl halides is 3. The zero-order valence-electron chi connectivity index (χ0n) is 17.9. The number of amides is 1. The summed E-state index contributed by atoms with van der Waals surface area (Å²) in [7, 11) is 1.21. The molecular weight excluding hydrogens is 469 g/mol. The van der Waals surface area contributed by atoms with Gasteiger partial charge in [0.15, 0.2) is 5.03 Å². The SMILES string of the molecule is COC(=O)[C@H](CCCN=C(N)N[N+](=O)[O-])NC(=O)[C@@H](N)Cc1ccccc1.O=C(O)C(F)(F)F. The van der Waals surface area contributed by atoms with Crippen LogP contribution in [0.4, 0.5) is 13.2 Å². The van der Waals surface area contributed by atoms with Crippen LogP contribution in [0.5, 0.6) is 0 Å². The van der Waals surface area contributed by atoms with Gasteiger partial charge in [-0.1, -0.05) is 35.8 Å². The average molecular weight is 494 g/mol. The van der Waals surface area contributed by atoms with Gasteiger partial charge in [-0.05, 0) is 24.8 Å². The van der Waals surface area contributed by atoms with E-state index in [2.05, 4.69) is 15.0 Å². The Kier molecular flexibility index (Phi) is 13.2. The number of hydrazine groups is 1. The summed E-state index contributed by atoms with van der Waals surface area (Å²) in [5.41, 5.74) is 13.8. The lowest BCUT2D eigenvalue weighted by Crippen LogP contribution is -2.49. The second kappa shape index (κ2) is 15.0. The van der Waals surface area contributed by atoms with E-state index in [1.54, 1.807) is 5.43 Å². The second-order valence-electron chi connectivity index (χ2n) is 6.46. The van der Waals surface area contributed by atoms with Gasteiger partial charge < -0.3 is 26.6 Å². The smallest absolute Gasteiger partial charge is 0.475 e. The van der Waals surface area contributed by atoms with Gasteiger partial charge in [-0.3, -0.25) is 4.79 Å². The maximum Gasteiger partial charge on any atom is 0.490 e. The van der Waals surface area contributed by atoms with Crippen molar-refractivity contribution in [2.45, 2.75) is 37.5 Å². The molecule has 0 unspecified atom stereocenters. The summed E-state index contributed by atoms with van der Waals surface area (Å²) >= 11 is 0. The Bertz CT molecular complexity index is 852. The van der Waals surface area contributed by atoms with Gasteiger partial charge in [0.25, 0.3) is 5.96 Å². The summed E-state index contributed by atoms with van der Waals surface area (Å²) < 4.78 is 36.4. The van der Waals surface area contributed by atoms with Crippen LogP contribution in [0.3, 0.4) is 0 Å². The summed E-state index contributed by atoms with van der Waals surface area (Å²) in [5.74, 6) is -4.20. The number of carboxylic acids is 1. The van der Waals surface area contributed by atoms with Crippen LogP contribution >= 0.6 is 0 Å². The summed E-state index contributed by atoms with van der Waals surface area (Å²) in [6.07, 6.45) is -4.20. The van der Waals surface area contributed by atoms with E-state index in [-0.39, 0.29) is 18.9 Å². The number of carboxylic acid groups (broad SMARTS) is 1. The molecule has 1 aromatic carbocycles. The predicted octanol–water partition coefficient (Wildman–Crippen LogP) is -0.276. The first-order chi connectivity index (χ1) is 15.8. The number of nitro groups is 1. The highest BCUT2D eigenvalue weighted by Crippen LogP contribution is 2.13. The largest absolute Gasteiger partial charge is 0.490 e. The number of esters is 1. The van der Waals surface area contributed by atoms with E-state index in [0.717, 1.165) is 5.56 Å². The van der Waals surface area contributed by atoms with Crippen LogP contribution < -0.4 is 22.2 Å². The molecule has 190 valence electrons. The average Bonchev–Trinajstić information content (AvgIpc) is 2.75. The summed E-state index contributed by atoms with van der Waals surface area (Å²) in [4.78, 5) is 47.0. The minimum absolute atomic E-state index is 0.131. The first-order valence-corrected chi connectivity index (χ1v) is 9.46. The highest BCUT2D eigenvalue weighted by atomic mass is 19.4. The molecule has 1 aromatic rings. The van der Waals surface area contributed by atoms with E-state index in [1.165, 1.54) is 7.11 Å². The molecule has 34 heavy (non-hydrogen) atoms. The molecule has 16 heteroatoms. The molecule has 0 heterocycles. The Morgan fingerprint density at radius 1 is 1.26 bits per heavy atom. The number of methoxy groups -OCH3 is 1. The van der Waals surface area contributed by atoms with Crippen molar-refractivity contribution in [1.29, 1.82) is 0 Å². The quantitative estimate of drug-likeness (QED) is 0.0716. The van der Waals surface area contributed by atoms with Crippen molar-refractivity contribution < 1.29 is 42.4 Å². The zero-order chi connectivity index (χ0) is 26.3. The lowest BCUT2D eigenvalue weighted by Gasteiger charge is -2.19. The third-order valence-electron chi connectivity index (χ3n) is 3.82. The van der Waals surface area contributed by atoms with Gasteiger partial charge in [0.05, 0.1) is 13.2 Å². The van der Waals surface area contributed by atoms with E-state index in [9.17, 15) is 32.9 Å². The fourth-order valence-corrected chi connectivity index (χ4v) is 2.25. The number of ether oxygens (including phenoxy) is 1. The monoisotopic (exact) mass is 494 g/mol. The molecule has 2 atom stereocenters. The van der Waals surface area contributed by atoms with Crippen molar-refractivity contribution in [3.05, 3.63) is 46.0 Å². The lowest BCUT2D eigenvalue weighted by atomic mass is 10.1. The van der Waals surface area contributed by atoms with Crippen LogP contribution in [0, 0.1) is 10.1 Å². The highest BCUT2D eigenvalue weighted by Gasteiger charge is 2.38. The molecule has 0 aliphatic heterocycles. The first kappa shape index (κ1) is 30.0. The van der Waals surface area contributed by atoms with Crippen molar-refractivity contribution in [2.24, 2.45) is 16.5 Å². The number of nitrogens with one attached hydrogen (secondary N) is 2. The molecular formula is C18H25F3N6O7. The van der Waals surface area contributed by atoms with E-state index in [4.69, 9.17) is 21.4 Å². The fourth-order valence-electron chi connectivity index (χ4n) is 2.25. The molecule has 0 spiro atoms. The Labute approximate surface area is 191 Å². The molecule has 0 aromatic heterocycles. The lowest BCUT2D eigenvalue weighted by molar-refractivity contribution is -0.525. The zero-order valence-corrected chi connectivity index (χ0v) is 17.9. The van der Waals surface area contributed by atoms with Crippen LogP contribution in [0.1, 0.15) is 18.4 Å². The number of halogens is 3. The molecule has 0 aliphatic carbocycles. The molecule has 7 N–H and O–H groups in total. The normalized spacial score (nSPS) is 12.9. The molecule has 0 aliphatic rings. The van der Waals surface area contributed by atoms with Crippen molar-refractivity contribution in [2.75, 3.05) is 13.7 Å². The number of carbonyl (C=O) groups excluding carboxylic acids is 2. The van der Waals surface area contributed by atoms with Gasteiger partial charge in [-0.25, -0.2) is 24.7 Å². The van der Waals surface area contributed by atoms with E-state index in [0.29, 0.717) is 12.8 Å². The van der Waals surface area contributed by atoms with Crippen molar-refractivity contribution in [3.8, 4) is 0 Å². The van der Waals surface area contributed by atoms with Gasteiger partial charge in [0, 0.05) is 6.54 Å². The minimum atomic E-state index is -5.08. The number of hydrogen-bond acceptors (Lipinski definition) is 8. The topological polar surface area (TPSA) is 212 Å². The maximum absolute atomic E-state index is 12.3. The molecule has 0 bridgehead atoms. The molecule has 0 radical (unpaired) electrons. The third-order valence-corrected chi connectivity index (χ3v) is 3.82. The summed E-state index contributed by atoms with van der Waals surface area (Å²) in [5, 5.41) is 19.1. The van der Waals surface area contributed by atoms with E-state index in [1.807, 2.05) is 30.3 Å². The molecule has 0 fully saturated rings. The van der Waals surface area contributed by atoms with Gasteiger partial charge in [-0.2, -0.15) is 13.2 Å². The number of nitrogens with zero attached hydrogens (tertiary/aromatic N) is 2. The molecule has 13 nitrogen and oxygen atoms in total. The van der Waals surface area contributed by atoms with Crippen LogP contribution in [0.15, 0.2) is 35.3 Å². The molecule has 1 rings (SSSR count). The number of benzene rings is 1. The van der Waals surface area contributed by atoms with Gasteiger partial charge in [0.1, 0.15) is 6.04 Å². The van der Waals surface area contributed by atoms with Crippen molar-refractivity contribution >= 4 is 23.8 Å². The number of nitrogens with two attached hydrogens (primary N) is 2. The number of carbonyl (C=O) groups is 3. The van der Waals surface area contributed by atoms with Crippen molar-refractivity contribution in [1.82, 2.24) is 10.7 Å². The van der Waals surface area contributed by atoms with Crippen LogP contribution in [0.25, 0.3) is 0 Å². The number of hydrogen-bond donors (Lipinski definition) is 5. The molecule has 1 amide bonds. The van der Waals surface area contributed by atoms with E-state index >= 15 is 0 Å². The standard InChI is InChI=1S/C16H24N6O5.C2HF3O2/c1-27-15(24)13(8-5-9-19-16(18)21-22(25)26)20-14(23)12(17)10-11-6-3-2-4-7-11;3-2(4,5)1(6)7/h2-4,6-7,12-13H,5,8-10,17H2,1H3,(H,20,23)(H3,18,19,21);(H,6,7)/t12-,13-;/m0./s1. The number of rotatable bonds is 10. The third kappa shape index (κ3) is 13.5. The van der Waals surface area contributed by atoms with Gasteiger partial charge >= 0.3 is 18.1 Å². The number of aliphatic carboxylic acids is 1. The van der Waals surface area contributed by atoms with Crippen LogP contribution in [0.2, 0.25) is 0 Å². The number of aliphatic imine (C=N–C) groups is 1. The Hall–Kier alpha value is -3.95. The second-order valence-corrected chi connectivity index (χ2v) is 6.46. The predicted molar refractivity (Wildman–Crippen MR) is 112 cm³/mol. The molecule has 0 saturated carbocycles. The molecule has 0 saturated heterocycles. The van der Waals surface area contributed by atoms with Crippen molar-refractivity contribution in [3.63, 3.8) is 0 Å². The Morgan fingerprint density at radius 2 is 1.82 bits per heavy atom. The Morgan fingerprint density at radius 3 is 2.29 bits per heavy atom. The summed E-state index contributed by atoms with van der Waals surface area (Å²) in [6.45, 7) is 0.131. The van der Waals surface area contributed by atoms with Gasteiger partial charge in [0.2, 0.25) is 5.91 Å². The highest BCUT2D eigenvalue weighted by molar-refractivity contribution is 5.87. The minimum Gasteiger partial charge on any atom is -0.475 e. The summed E-state index contributed by atoms with van der Waals surface area (Å²) in [6, 6.07) is 7.54. The van der Waals surface area contributed by atoms with Gasteiger partial charge in [-0.15, -0.1) is 0 Å². The van der Waals surface area contributed by atoms with E-state index < -0.39 is 41.1 Å².